The quantitative estimate of drug-likeness (QED) is 0.0702. The summed E-state index contributed by atoms with van der Waals surface area (Å²) in [6.45, 7) is 16.2. The second-order valence-electron chi connectivity index (χ2n) is 21.8. The van der Waals surface area contributed by atoms with Gasteiger partial charge in [-0.25, -0.2) is 4.57 Å². The first-order chi connectivity index (χ1) is 32.6. The minimum atomic E-state index is -4.86. The van der Waals surface area contributed by atoms with Crippen molar-refractivity contribution in [2.75, 3.05) is 6.54 Å². The molecule has 11 atom stereocenters. The van der Waals surface area contributed by atoms with Crippen LogP contribution in [0.2, 0.25) is 0 Å². The second-order valence-corrected chi connectivity index (χ2v) is 23.0. The van der Waals surface area contributed by atoms with Crippen molar-refractivity contribution in [1.82, 2.24) is 5.32 Å². The van der Waals surface area contributed by atoms with Gasteiger partial charge < -0.3 is 70.8 Å². The Morgan fingerprint density at radius 1 is 0.764 bits per heavy atom. The molecule has 72 heavy (non-hydrogen) atoms. The Balaban J connectivity index is 0.0000112. The van der Waals surface area contributed by atoms with E-state index in [1.54, 1.807) is 6.92 Å². The first-order valence-corrected chi connectivity index (χ1v) is 25.6. The van der Waals surface area contributed by atoms with Gasteiger partial charge in [0, 0.05) is 68.3 Å². The number of nitrogens with one attached hydrogen (secondary N) is 1. The van der Waals surface area contributed by atoms with E-state index in [4.69, 9.17) is 60.2 Å². The molecule has 3 fully saturated rings. The van der Waals surface area contributed by atoms with Gasteiger partial charge in [0.1, 0.15) is 0 Å². The number of phosphoric acid groups is 1. The van der Waals surface area contributed by atoms with Gasteiger partial charge in [-0.1, -0.05) is 58.7 Å². The van der Waals surface area contributed by atoms with Crippen molar-refractivity contribution in [3.05, 3.63) is 66.9 Å². The van der Waals surface area contributed by atoms with Gasteiger partial charge in [-0.2, -0.15) is 22.8 Å². The fraction of sp³-hybridized carbons (Fsp3) is 0.688. The topological polar surface area (TPSA) is 411 Å². The Bertz CT molecular complexity index is 2400. The molecule has 24 heteroatoms. The van der Waals surface area contributed by atoms with Crippen LogP contribution >= 0.6 is 7.82 Å². The van der Waals surface area contributed by atoms with Crippen molar-refractivity contribution in [3.63, 3.8) is 0 Å². The van der Waals surface area contributed by atoms with Crippen molar-refractivity contribution in [2.24, 2.45) is 73.8 Å². The zero-order chi connectivity index (χ0) is 53.6. The molecule has 5 aliphatic rings. The number of primary amides is 6. The number of nitrogens with zero attached hydrogens (tertiary/aromatic N) is 4. The first kappa shape index (κ1) is 59.8. The average Bonchev–Trinajstić information content (AvgIpc) is 3.83. The number of hydrogen-bond donors (Lipinski definition) is 9. The van der Waals surface area contributed by atoms with Crippen LogP contribution in [0.3, 0.4) is 0 Å². The van der Waals surface area contributed by atoms with Gasteiger partial charge >= 0.3 is 7.82 Å². The predicted molar refractivity (Wildman–Crippen MR) is 264 cm³/mol. The third-order valence-corrected chi connectivity index (χ3v) is 17.0. The number of carbonyl (C=O) groups is 7. The molecule has 3 unspecified atom stereocenters. The minimum absolute atomic E-state index is 0. The third kappa shape index (κ3) is 11.9. The number of nitrogens with two attached hydrogens (primary N) is 6. The van der Waals surface area contributed by atoms with Crippen LogP contribution in [0.4, 0.5) is 0 Å². The molecular formula is C48H74CoN11O11P-4. The summed E-state index contributed by atoms with van der Waals surface area (Å²) in [4.78, 5) is 110. The van der Waals surface area contributed by atoms with E-state index in [2.05, 4.69) is 5.32 Å². The number of phosphoric ester groups is 1. The number of fused-ring (bicyclic) bond motifs is 9. The minimum Gasteiger partial charge on any atom is -0.681 e. The molecule has 8 bridgehead atoms. The van der Waals surface area contributed by atoms with Crippen molar-refractivity contribution in [1.29, 1.82) is 0 Å². The summed E-state index contributed by atoms with van der Waals surface area (Å²) in [5, 5.41) is 24.6. The number of carbonyl (C=O) groups excluding carboxylic acids is 7. The molecule has 5 aliphatic heterocycles. The molecule has 22 nitrogen and oxygen atoms in total. The summed E-state index contributed by atoms with van der Waals surface area (Å²) in [6, 6.07) is -2.11. The molecule has 0 spiro atoms. The zero-order valence-corrected chi connectivity index (χ0v) is 44.6. The second kappa shape index (κ2) is 22.0. The van der Waals surface area contributed by atoms with E-state index in [-0.39, 0.29) is 99.1 Å². The Labute approximate surface area is 432 Å². The Hall–Kier alpha value is -4.77. The van der Waals surface area contributed by atoms with E-state index in [9.17, 15) is 47.9 Å². The Kier molecular flexibility index (Phi) is 18.2. The zero-order valence-electron chi connectivity index (χ0n) is 42.7. The van der Waals surface area contributed by atoms with Crippen LogP contribution in [0.1, 0.15) is 133 Å². The maximum atomic E-state index is 13.7. The average molecular weight is 1070 g/mol. The molecule has 0 aliphatic carbocycles. The van der Waals surface area contributed by atoms with Crippen molar-refractivity contribution < 1.29 is 69.2 Å². The molecule has 5 heterocycles. The molecule has 15 N–H and O–H groups in total. The summed E-state index contributed by atoms with van der Waals surface area (Å²) in [7, 11) is -4.86. The van der Waals surface area contributed by atoms with Crippen LogP contribution < -0.4 is 39.7 Å². The number of hydrogen-bond acceptors (Lipinski definition) is 9. The normalized spacial score (nSPS) is 34.7. The van der Waals surface area contributed by atoms with E-state index in [0.29, 0.717) is 40.2 Å². The summed E-state index contributed by atoms with van der Waals surface area (Å²) in [5.74, 6) is -6.01. The summed E-state index contributed by atoms with van der Waals surface area (Å²) in [5.41, 5.74) is 33.0. The first-order valence-electron chi connectivity index (χ1n) is 24.1. The van der Waals surface area contributed by atoms with Crippen LogP contribution in [0.15, 0.2) is 45.6 Å². The van der Waals surface area contributed by atoms with Crippen LogP contribution in [0, 0.1) is 39.4 Å². The van der Waals surface area contributed by atoms with Gasteiger partial charge in [0.15, 0.2) is 0 Å². The van der Waals surface area contributed by atoms with Crippen molar-refractivity contribution in [2.45, 2.75) is 163 Å². The molecule has 0 aromatic heterocycles. The molecule has 405 valence electrons. The maximum Gasteiger partial charge on any atom is 0.469 e. The Morgan fingerprint density at radius 2 is 1.32 bits per heavy atom. The molecule has 5 rings (SSSR count). The van der Waals surface area contributed by atoms with E-state index < -0.39 is 112 Å². The van der Waals surface area contributed by atoms with Crippen LogP contribution in [-0.2, 0) is 59.4 Å². The van der Waals surface area contributed by atoms with Gasteiger partial charge in [-0.3, -0.25) is 38.1 Å². The van der Waals surface area contributed by atoms with Crippen molar-refractivity contribution in [3.8, 4) is 0 Å². The van der Waals surface area contributed by atoms with Gasteiger partial charge in [0.05, 0.1) is 6.10 Å². The standard InChI is InChI=1S/C48H74N11O11P.Co/c1-23(70-71(67,68)69)22-55-38(66)16-17-45(6)29(18-35(52)63)43-48(9)47(8,21-37(54)65)28(12-15-34(51)62)40(59-48)25(3)42-46(7,20-36(53)64)26(10-13-32(49)60)30(56-42)19-31-44(4,5)27(11-14-33(50)61)39(57-31)24(2)41(45)58-43;/h19,23,26-28,31,39,42H,10-18,20-22H2,1-9H3,(H2,49,60)(H2,50,61)(H2,51,62)(H2,52,63)(H2,53,64)(H2,54,65)(H,55,66)(H2,67,68,69);/q-4;/b30-19-,40-25-,41-24-;/t23-,26-,27-,28-,31?,39?,42?,45-,46+,47+,48+;/m1./s1. The monoisotopic (exact) mass is 1070 g/mol. The van der Waals surface area contributed by atoms with Crippen LogP contribution in [-0.4, -0.2) is 87.5 Å². The number of rotatable bonds is 22. The molecule has 0 aromatic rings. The third-order valence-electron chi connectivity index (χ3n) is 16.4. The predicted octanol–water partition coefficient (Wildman–Crippen LogP) is 3.81. The fourth-order valence-electron chi connectivity index (χ4n) is 12.6. The van der Waals surface area contributed by atoms with Crippen molar-refractivity contribution >= 4 is 49.2 Å². The molecular weight excluding hydrogens is 997 g/mol. The smallest absolute Gasteiger partial charge is 0.469 e. The molecule has 1 radical (unpaired) electrons. The summed E-state index contributed by atoms with van der Waals surface area (Å²) >= 11 is 0. The fourth-order valence-corrected chi connectivity index (χ4v) is 13.1. The van der Waals surface area contributed by atoms with Gasteiger partial charge in [0.2, 0.25) is 41.4 Å². The molecule has 0 saturated carbocycles. The van der Waals surface area contributed by atoms with E-state index >= 15 is 0 Å². The van der Waals surface area contributed by atoms with Gasteiger partial charge in [0.25, 0.3) is 0 Å². The molecule has 3 saturated heterocycles. The maximum absolute atomic E-state index is 13.7. The summed E-state index contributed by atoms with van der Waals surface area (Å²) < 4.78 is 16.2. The summed E-state index contributed by atoms with van der Waals surface area (Å²) in [6.07, 6.45) is 0.226. The number of allylic oxidation sites excluding steroid dienone is 3. The SMILES string of the molecule is C/C1=C2/[N-]C(=C(CC(N)=O)[C@@]2(C)CCC(=O)NC[C@@H](C)OP(=O)(O)O)[C@]2(C)[N-]/C(=C(/C)C3[N-]/C(=C\C4[N-]C1[C@@H](CCC(N)=O)C4(C)C)[C@@H](CCC(N)=O)[C@]3(C)CC(N)=O)[C@@H](CCC(N)=O)[C@]2(C)CC(N)=O.[Co]. The van der Waals surface area contributed by atoms with Gasteiger partial charge in [-0.15, -0.1) is 29.3 Å². The van der Waals surface area contributed by atoms with Crippen LogP contribution in [0.5, 0.6) is 0 Å². The van der Waals surface area contributed by atoms with E-state index in [1.165, 1.54) is 6.92 Å². The largest absolute Gasteiger partial charge is 0.681 e. The Morgan fingerprint density at radius 3 is 1.85 bits per heavy atom. The van der Waals surface area contributed by atoms with E-state index in [1.807, 2.05) is 54.5 Å². The molecule has 7 amide bonds. The van der Waals surface area contributed by atoms with E-state index in [0.717, 1.165) is 0 Å². The number of amides is 7. The van der Waals surface area contributed by atoms with Crippen LogP contribution in [0.25, 0.3) is 21.3 Å². The van der Waals surface area contributed by atoms with Gasteiger partial charge in [-0.05, 0) is 85.9 Å². The molecule has 0 aromatic carbocycles.